The molecule has 0 aliphatic carbocycles. The van der Waals surface area contributed by atoms with E-state index in [4.69, 9.17) is 11.6 Å². The van der Waals surface area contributed by atoms with Crippen LogP contribution in [0.4, 0.5) is 5.69 Å². The van der Waals surface area contributed by atoms with Gasteiger partial charge in [-0.3, -0.25) is 4.98 Å². The molecule has 0 amide bonds. The van der Waals surface area contributed by atoms with Crippen LogP contribution < -0.4 is 5.32 Å². The van der Waals surface area contributed by atoms with E-state index in [-0.39, 0.29) is 0 Å². The first-order valence-electron chi connectivity index (χ1n) is 5.60. The third-order valence-corrected chi connectivity index (χ3v) is 2.72. The molecule has 1 aromatic rings. The summed E-state index contributed by atoms with van der Waals surface area (Å²) in [5, 5.41) is 4.09. The topological polar surface area (TPSA) is 24.9 Å². The number of rotatable bonds is 6. The lowest BCUT2D eigenvalue weighted by atomic mass is 10.1. The van der Waals surface area contributed by atoms with E-state index < -0.39 is 0 Å². The number of pyridine rings is 1. The molecular formula is C12H19ClN2. The standard InChI is InChI=1S/C12H19ClN2/c1-3-4-5-6-10(2)15-12-7-8-14-9-11(12)13/h7-10H,3-6H2,1-2H3,(H,14,15). The van der Waals surface area contributed by atoms with Crippen molar-refractivity contribution in [2.45, 2.75) is 45.6 Å². The first kappa shape index (κ1) is 12.3. The molecule has 2 nitrogen and oxygen atoms in total. The summed E-state index contributed by atoms with van der Waals surface area (Å²) < 4.78 is 0. The molecule has 0 radical (unpaired) electrons. The van der Waals surface area contributed by atoms with E-state index in [2.05, 4.69) is 24.1 Å². The molecule has 0 spiro atoms. The molecule has 1 aromatic heterocycles. The van der Waals surface area contributed by atoms with Crippen LogP contribution in [0.25, 0.3) is 0 Å². The second-order valence-electron chi connectivity index (χ2n) is 3.90. The maximum Gasteiger partial charge on any atom is 0.0820 e. The highest BCUT2D eigenvalue weighted by Gasteiger charge is 2.04. The van der Waals surface area contributed by atoms with E-state index in [1.54, 1.807) is 12.4 Å². The highest BCUT2D eigenvalue weighted by atomic mass is 35.5. The van der Waals surface area contributed by atoms with Gasteiger partial charge in [0.1, 0.15) is 0 Å². The first-order valence-corrected chi connectivity index (χ1v) is 5.98. The SMILES string of the molecule is CCCCCC(C)Nc1ccncc1Cl. The van der Waals surface area contributed by atoms with Gasteiger partial charge in [-0.2, -0.15) is 0 Å². The first-order chi connectivity index (χ1) is 7.24. The molecule has 0 saturated heterocycles. The van der Waals surface area contributed by atoms with Gasteiger partial charge in [0.15, 0.2) is 0 Å². The minimum atomic E-state index is 0.469. The third-order valence-electron chi connectivity index (χ3n) is 2.42. The van der Waals surface area contributed by atoms with Crippen molar-refractivity contribution in [3.8, 4) is 0 Å². The van der Waals surface area contributed by atoms with Gasteiger partial charge >= 0.3 is 0 Å². The fraction of sp³-hybridized carbons (Fsp3) is 0.583. The van der Waals surface area contributed by atoms with Crippen LogP contribution in [0.5, 0.6) is 0 Å². The summed E-state index contributed by atoms with van der Waals surface area (Å²) in [5.74, 6) is 0. The fourth-order valence-electron chi connectivity index (χ4n) is 1.53. The van der Waals surface area contributed by atoms with Gasteiger partial charge in [-0.25, -0.2) is 0 Å². The lowest BCUT2D eigenvalue weighted by Crippen LogP contribution is -2.15. The van der Waals surface area contributed by atoms with Gasteiger partial charge in [-0.15, -0.1) is 0 Å². The molecule has 0 saturated carbocycles. The highest BCUT2D eigenvalue weighted by molar-refractivity contribution is 6.33. The van der Waals surface area contributed by atoms with Crippen LogP contribution in [0.2, 0.25) is 5.02 Å². The Morgan fingerprint density at radius 1 is 1.47 bits per heavy atom. The minimum absolute atomic E-state index is 0.469. The number of anilines is 1. The van der Waals surface area contributed by atoms with Gasteiger partial charge in [0.05, 0.1) is 10.7 Å². The summed E-state index contributed by atoms with van der Waals surface area (Å²) in [6.45, 7) is 4.41. The quantitative estimate of drug-likeness (QED) is 0.739. The molecule has 1 N–H and O–H groups in total. The minimum Gasteiger partial charge on any atom is -0.381 e. The average Bonchev–Trinajstić information content (AvgIpc) is 2.22. The zero-order valence-corrected chi connectivity index (χ0v) is 10.2. The number of aromatic nitrogens is 1. The van der Waals surface area contributed by atoms with E-state index in [0.717, 1.165) is 5.69 Å². The molecule has 15 heavy (non-hydrogen) atoms. The zero-order chi connectivity index (χ0) is 11.1. The smallest absolute Gasteiger partial charge is 0.0820 e. The second-order valence-corrected chi connectivity index (χ2v) is 4.30. The van der Waals surface area contributed by atoms with Crippen LogP contribution in [0.3, 0.4) is 0 Å². The molecule has 0 fully saturated rings. The Morgan fingerprint density at radius 3 is 2.93 bits per heavy atom. The van der Waals surface area contributed by atoms with Crippen molar-refractivity contribution >= 4 is 17.3 Å². The largest absolute Gasteiger partial charge is 0.381 e. The number of hydrogen-bond acceptors (Lipinski definition) is 2. The maximum atomic E-state index is 6.00. The number of nitrogens with zero attached hydrogens (tertiary/aromatic N) is 1. The Labute approximate surface area is 97.1 Å². The Kier molecular flexibility index (Phi) is 5.48. The van der Waals surface area contributed by atoms with E-state index in [9.17, 15) is 0 Å². The molecule has 1 atom stereocenters. The molecule has 0 aliphatic rings. The predicted molar refractivity (Wildman–Crippen MR) is 66.5 cm³/mol. The monoisotopic (exact) mass is 226 g/mol. The average molecular weight is 227 g/mol. The van der Waals surface area contributed by atoms with Gasteiger partial charge in [0.25, 0.3) is 0 Å². The molecule has 1 rings (SSSR count). The van der Waals surface area contributed by atoms with Crippen molar-refractivity contribution in [2.75, 3.05) is 5.32 Å². The van der Waals surface area contributed by atoms with Gasteiger partial charge in [0, 0.05) is 18.4 Å². The lowest BCUT2D eigenvalue weighted by molar-refractivity contribution is 0.615. The van der Waals surface area contributed by atoms with Gasteiger partial charge in [-0.1, -0.05) is 37.8 Å². The van der Waals surface area contributed by atoms with Crippen LogP contribution in [-0.2, 0) is 0 Å². The van der Waals surface area contributed by atoms with Crippen molar-refractivity contribution in [2.24, 2.45) is 0 Å². The molecule has 1 unspecified atom stereocenters. The number of unbranched alkanes of at least 4 members (excludes halogenated alkanes) is 2. The van der Waals surface area contributed by atoms with E-state index >= 15 is 0 Å². The van der Waals surface area contributed by atoms with Crippen molar-refractivity contribution in [1.82, 2.24) is 4.98 Å². The summed E-state index contributed by atoms with van der Waals surface area (Å²) in [5.41, 5.74) is 0.982. The molecule has 1 heterocycles. The lowest BCUT2D eigenvalue weighted by Gasteiger charge is -2.15. The normalized spacial score (nSPS) is 12.5. The molecule has 0 aromatic carbocycles. The second kappa shape index (κ2) is 6.67. The molecular weight excluding hydrogens is 208 g/mol. The summed E-state index contributed by atoms with van der Waals surface area (Å²) >= 11 is 6.00. The Morgan fingerprint density at radius 2 is 2.27 bits per heavy atom. The van der Waals surface area contributed by atoms with Gasteiger partial charge in [0.2, 0.25) is 0 Å². The summed E-state index contributed by atoms with van der Waals surface area (Å²) in [4.78, 5) is 3.96. The van der Waals surface area contributed by atoms with Gasteiger partial charge < -0.3 is 5.32 Å². The zero-order valence-electron chi connectivity index (χ0n) is 9.46. The van der Waals surface area contributed by atoms with Crippen LogP contribution in [0, 0.1) is 0 Å². The third kappa shape index (κ3) is 4.52. The maximum absolute atomic E-state index is 6.00. The fourth-order valence-corrected chi connectivity index (χ4v) is 1.70. The highest BCUT2D eigenvalue weighted by Crippen LogP contribution is 2.20. The molecule has 84 valence electrons. The number of nitrogens with one attached hydrogen (secondary N) is 1. The summed E-state index contributed by atoms with van der Waals surface area (Å²) in [6.07, 6.45) is 8.45. The van der Waals surface area contributed by atoms with E-state index in [0.29, 0.717) is 11.1 Å². The summed E-state index contributed by atoms with van der Waals surface area (Å²) in [6, 6.07) is 2.38. The van der Waals surface area contributed by atoms with Crippen LogP contribution >= 0.6 is 11.6 Å². The number of halogens is 1. The van der Waals surface area contributed by atoms with Crippen molar-refractivity contribution in [1.29, 1.82) is 0 Å². The Bertz CT molecular complexity index is 289. The van der Waals surface area contributed by atoms with Crippen molar-refractivity contribution in [3.63, 3.8) is 0 Å². The summed E-state index contributed by atoms with van der Waals surface area (Å²) in [7, 11) is 0. The van der Waals surface area contributed by atoms with Gasteiger partial charge in [-0.05, 0) is 19.4 Å². The van der Waals surface area contributed by atoms with Crippen LogP contribution in [-0.4, -0.2) is 11.0 Å². The number of hydrogen-bond donors (Lipinski definition) is 1. The van der Waals surface area contributed by atoms with Crippen molar-refractivity contribution < 1.29 is 0 Å². The molecule has 0 bridgehead atoms. The Hall–Kier alpha value is -0.760. The molecule has 0 aliphatic heterocycles. The molecule has 3 heteroatoms. The van der Waals surface area contributed by atoms with Crippen LogP contribution in [0.1, 0.15) is 39.5 Å². The Balaban J connectivity index is 2.37. The van der Waals surface area contributed by atoms with E-state index in [1.807, 2.05) is 6.07 Å². The predicted octanol–water partition coefficient (Wildman–Crippen LogP) is 4.12. The van der Waals surface area contributed by atoms with Crippen LogP contribution in [0.15, 0.2) is 18.5 Å². The van der Waals surface area contributed by atoms with Crippen molar-refractivity contribution in [3.05, 3.63) is 23.5 Å². The van der Waals surface area contributed by atoms with E-state index in [1.165, 1.54) is 25.7 Å².